The first-order valence-corrected chi connectivity index (χ1v) is 6.90. The molecule has 0 saturated carbocycles. The van der Waals surface area contributed by atoms with Gasteiger partial charge in [-0.2, -0.15) is 9.78 Å². The van der Waals surface area contributed by atoms with Crippen LogP contribution in [0.2, 0.25) is 0 Å². The van der Waals surface area contributed by atoms with E-state index in [1.807, 2.05) is 0 Å². The predicted octanol–water partition coefficient (Wildman–Crippen LogP) is 1.66. The number of benzene rings is 1. The van der Waals surface area contributed by atoms with Crippen LogP contribution in [0.5, 0.6) is 0 Å². The Morgan fingerprint density at radius 1 is 1.29 bits per heavy atom. The van der Waals surface area contributed by atoms with E-state index in [-0.39, 0.29) is 5.82 Å². The van der Waals surface area contributed by atoms with E-state index in [2.05, 4.69) is 25.4 Å². The number of fused-ring (bicyclic) bond motifs is 1. The van der Waals surface area contributed by atoms with Crippen LogP contribution in [0, 0.1) is 5.82 Å². The van der Waals surface area contributed by atoms with Crippen LogP contribution in [-0.2, 0) is 6.54 Å². The molecule has 0 atom stereocenters. The van der Waals surface area contributed by atoms with Gasteiger partial charge in [0.2, 0.25) is 5.13 Å². The molecular weight excluding hydrogens is 293 g/mol. The van der Waals surface area contributed by atoms with Crippen LogP contribution >= 0.6 is 11.3 Å². The number of halogens is 1. The summed E-state index contributed by atoms with van der Waals surface area (Å²) in [5.41, 5.74) is 1.48. The average Bonchev–Trinajstić information content (AvgIpc) is 3.18. The highest BCUT2D eigenvalue weighted by molar-refractivity contribution is 7.20. The fourth-order valence-corrected chi connectivity index (χ4v) is 2.84. The van der Waals surface area contributed by atoms with Crippen LogP contribution in [0.1, 0.15) is 5.69 Å². The van der Waals surface area contributed by atoms with Crippen molar-refractivity contribution in [2.75, 3.05) is 0 Å². The van der Waals surface area contributed by atoms with Gasteiger partial charge in [-0.05, 0) is 18.2 Å². The molecule has 21 heavy (non-hydrogen) atoms. The fraction of sp³-hybridized carbons (Fsp3) is 0.0833. The van der Waals surface area contributed by atoms with E-state index >= 15 is 0 Å². The van der Waals surface area contributed by atoms with Crippen LogP contribution in [0.4, 0.5) is 4.39 Å². The van der Waals surface area contributed by atoms with Crippen LogP contribution in [-0.4, -0.2) is 34.7 Å². The minimum absolute atomic E-state index is 0.275. The molecule has 0 aliphatic carbocycles. The van der Waals surface area contributed by atoms with Crippen molar-refractivity contribution in [1.29, 1.82) is 0 Å². The van der Waals surface area contributed by atoms with Gasteiger partial charge in [0.25, 0.3) is 0 Å². The summed E-state index contributed by atoms with van der Waals surface area (Å²) in [7, 11) is 0. The van der Waals surface area contributed by atoms with Crippen molar-refractivity contribution in [2.24, 2.45) is 0 Å². The Kier molecular flexibility index (Phi) is 2.71. The van der Waals surface area contributed by atoms with Crippen molar-refractivity contribution in [3.05, 3.63) is 48.6 Å². The fourth-order valence-electron chi connectivity index (χ4n) is 1.93. The van der Waals surface area contributed by atoms with Crippen LogP contribution < -0.4 is 0 Å². The number of hydrogen-bond acceptors (Lipinski definition) is 6. The topological polar surface area (TPSA) is 74.3 Å². The van der Waals surface area contributed by atoms with Crippen LogP contribution in [0.25, 0.3) is 15.3 Å². The third kappa shape index (κ3) is 2.27. The quantitative estimate of drug-likeness (QED) is 0.575. The van der Waals surface area contributed by atoms with Crippen molar-refractivity contribution in [1.82, 2.24) is 34.7 Å². The largest absolute Gasteiger partial charge is 0.247 e. The number of hydrogen-bond donors (Lipinski definition) is 0. The molecule has 0 amide bonds. The molecule has 0 aliphatic heterocycles. The Balaban J connectivity index is 1.67. The van der Waals surface area contributed by atoms with Gasteiger partial charge in [0.15, 0.2) is 0 Å². The first-order valence-electron chi connectivity index (χ1n) is 6.08. The second-order valence-corrected chi connectivity index (χ2v) is 5.37. The zero-order valence-corrected chi connectivity index (χ0v) is 11.4. The van der Waals surface area contributed by atoms with Crippen LogP contribution in [0.3, 0.4) is 0 Å². The highest BCUT2D eigenvalue weighted by atomic mass is 32.1. The van der Waals surface area contributed by atoms with Crippen molar-refractivity contribution in [3.63, 3.8) is 0 Å². The standard InChI is InChI=1S/C12H8FN7S/c13-8-1-2-10-11(3-8)21-12(16-10)20-5-9(17-18-20)4-19-7-14-6-15-19/h1-3,5-7H,4H2. The molecule has 7 nitrogen and oxygen atoms in total. The second kappa shape index (κ2) is 4.70. The molecule has 0 bridgehead atoms. The molecule has 4 aromatic rings. The minimum atomic E-state index is -0.275. The van der Waals surface area contributed by atoms with Gasteiger partial charge in [-0.15, -0.1) is 5.10 Å². The van der Waals surface area contributed by atoms with E-state index in [0.29, 0.717) is 11.7 Å². The Hall–Kier alpha value is -2.68. The Morgan fingerprint density at radius 3 is 3.10 bits per heavy atom. The third-order valence-corrected chi connectivity index (χ3v) is 3.87. The van der Waals surface area contributed by atoms with Gasteiger partial charge in [-0.3, -0.25) is 0 Å². The van der Waals surface area contributed by atoms with E-state index in [0.717, 1.165) is 15.9 Å². The van der Waals surface area contributed by atoms with Crippen molar-refractivity contribution >= 4 is 21.6 Å². The molecule has 3 aromatic heterocycles. The summed E-state index contributed by atoms with van der Waals surface area (Å²) in [6.07, 6.45) is 4.85. The van der Waals surface area contributed by atoms with Gasteiger partial charge in [-0.1, -0.05) is 16.6 Å². The molecule has 0 radical (unpaired) electrons. The normalized spacial score (nSPS) is 11.3. The van der Waals surface area contributed by atoms with Gasteiger partial charge in [0, 0.05) is 0 Å². The number of rotatable bonds is 3. The number of aromatic nitrogens is 7. The minimum Gasteiger partial charge on any atom is -0.247 e. The molecule has 1 aromatic carbocycles. The molecule has 9 heteroatoms. The summed E-state index contributed by atoms with van der Waals surface area (Å²) in [5, 5.41) is 12.8. The van der Waals surface area contributed by atoms with E-state index in [9.17, 15) is 4.39 Å². The highest BCUT2D eigenvalue weighted by Gasteiger charge is 2.09. The highest BCUT2D eigenvalue weighted by Crippen LogP contribution is 2.25. The van der Waals surface area contributed by atoms with E-state index in [1.54, 1.807) is 28.0 Å². The van der Waals surface area contributed by atoms with E-state index in [1.165, 1.54) is 29.8 Å². The summed E-state index contributed by atoms with van der Waals surface area (Å²) in [6, 6.07) is 4.50. The first kappa shape index (κ1) is 12.1. The molecule has 0 N–H and O–H groups in total. The van der Waals surface area contributed by atoms with Gasteiger partial charge < -0.3 is 0 Å². The Bertz CT molecular complexity index is 896. The second-order valence-electron chi connectivity index (χ2n) is 4.36. The maximum Gasteiger partial charge on any atom is 0.212 e. The smallest absolute Gasteiger partial charge is 0.212 e. The van der Waals surface area contributed by atoms with Crippen LogP contribution in [0.15, 0.2) is 37.1 Å². The molecule has 0 spiro atoms. The molecule has 0 unspecified atom stereocenters. The number of nitrogens with zero attached hydrogens (tertiary/aromatic N) is 7. The van der Waals surface area contributed by atoms with Crippen molar-refractivity contribution < 1.29 is 4.39 Å². The lowest BCUT2D eigenvalue weighted by Crippen LogP contribution is -2.00. The van der Waals surface area contributed by atoms with Gasteiger partial charge >= 0.3 is 0 Å². The lowest BCUT2D eigenvalue weighted by atomic mass is 10.3. The lowest BCUT2D eigenvalue weighted by Gasteiger charge is -1.93. The maximum absolute atomic E-state index is 13.2. The molecule has 104 valence electrons. The Labute approximate surface area is 121 Å². The summed E-state index contributed by atoms with van der Waals surface area (Å²) in [4.78, 5) is 8.28. The van der Waals surface area contributed by atoms with Crippen molar-refractivity contribution in [2.45, 2.75) is 6.54 Å². The average molecular weight is 301 g/mol. The predicted molar refractivity (Wildman–Crippen MR) is 73.6 cm³/mol. The molecule has 0 fully saturated rings. The number of thiazole rings is 1. The molecule has 0 aliphatic rings. The molecular formula is C12H8FN7S. The summed E-state index contributed by atoms with van der Waals surface area (Å²) >= 11 is 1.36. The SMILES string of the molecule is Fc1ccc2nc(-n3cc(Cn4cncn4)nn3)sc2c1. The van der Waals surface area contributed by atoms with Gasteiger partial charge in [0.05, 0.1) is 23.0 Å². The summed E-state index contributed by atoms with van der Waals surface area (Å²) in [5.74, 6) is -0.275. The van der Waals surface area contributed by atoms with Gasteiger partial charge in [0.1, 0.15) is 24.2 Å². The monoisotopic (exact) mass is 301 g/mol. The summed E-state index contributed by atoms with van der Waals surface area (Å²) in [6.45, 7) is 0.486. The van der Waals surface area contributed by atoms with E-state index < -0.39 is 0 Å². The zero-order chi connectivity index (χ0) is 14.2. The first-order chi connectivity index (χ1) is 10.3. The zero-order valence-electron chi connectivity index (χ0n) is 10.6. The lowest BCUT2D eigenvalue weighted by molar-refractivity contribution is 0.630. The van der Waals surface area contributed by atoms with E-state index in [4.69, 9.17) is 0 Å². The van der Waals surface area contributed by atoms with Gasteiger partial charge in [-0.25, -0.2) is 19.0 Å². The van der Waals surface area contributed by atoms with Crippen molar-refractivity contribution in [3.8, 4) is 5.13 Å². The maximum atomic E-state index is 13.2. The summed E-state index contributed by atoms with van der Waals surface area (Å²) < 4.78 is 17.2. The molecule has 4 rings (SSSR count). The molecule has 0 saturated heterocycles. The Morgan fingerprint density at radius 2 is 2.24 bits per heavy atom. The third-order valence-electron chi connectivity index (χ3n) is 2.87. The molecule has 3 heterocycles.